The largest absolute Gasteiger partial charge is 0.316 e. The van der Waals surface area contributed by atoms with E-state index in [0.717, 1.165) is 0 Å². The molecule has 0 atom stereocenters. The van der Waals surface area contributed by atoms with E-state index < -0.39 is 0 Å². The van der Waals surface area contributed by atoms with Crippen LogP contribution in [0.3, 0.4) is 0 Å². The molecule has 0 bridgehead atoms. The molecule has 34 valence electrons. The summed E-state index contributed by atoms with van der Waals surface area (Å²) in [5.74, 6) is 0. The minimum absolute atomic E-state index is 0. The molecule has 0 N–H and O–H groups in total. The van der Waals surface area contributed by atoms with Crippen LogP contribution in [0.1, 0.15) is 0 Å². The molecule has 6 heteroatoms. The molecular weight excluding hydrogens is 178 g/mol. The van der Waals surface area contributed by atoms with Crippen molar-refractivity contribution in [1.82, 2.24) is 0 Å². The zero-order chi connectivity index (χ0) is 0. The third-order valence-electron chi connectivity index (χ3n) is 0. The number of hydrogen-bond acceptors (Lipinski definition) is 0. The van der Waals surface area contributed by atoms with Crippen LogP contribution in [0, 0.1) is 0 Å². The van der Waals surface area contributed by atoms with Crippen LogP contribution in [-0.4, -0.2) is 79.7 Å². The van der Waals surface area contributed by atoms with Gasteiger partial charge in [0.1, 0.15) is 0 Å². The first-order chi connectivity index (χ1) is 0. The van der Waals surface area contributed by atoms with Gasteiger partial charge >= 0.3 is 79.7 Å². The maximum Gasteiger partial charge on any atom is 0.316 e. The van der Waals surface area contributed by atoms with E-state index in [4.69, 9.17) is 0 Å². The Morgan fingerprint density at radius 1 is 0.667 bits per heavy atom. The van der Waals surface area contributed by atoms with Crippen molar-refractivity contribution in [3.63, 3.8) is 0 Å². The normalized spacial score (nSPS) is 0. The molecule has 0 amide bonds. The minimum Gasteiger partial charge on any atom is 0.316 e. The van der Waals surface area contributed by atoms with Crippen LogP contribution in [0.2, 0.25) is 0 Å². The maximum atomic E-state index is 0. The van der Waals surface area contributed by atoms with Crippen LogP contribution in [-0.2, 0) is 0 Å². The van der Waals surface area contributed by atoms with Gasteiger partial charge in [-0.05, 0) is 0 Å². The van der Waals surface area contributed by atoms with Gasteiger partial charge in [0, 0.05) is 0 Å². The van der Waals surface area contributed by atoms with Gasteiger partial charge in [0.2, 0.25) is 0 Å². The molecule has 0 aliphatic heterocycles. The molecule has 6 heavy (non-hydrogen) atoms. The van der Waals surface area contributed by atoms with Crippen molar-refractivity contribution in [1.29, 1.82) is 0 Å². The molecule has 0 aromatic rings. The fourth-order valence-corrected chi connectivity index (χ4v) is 0. The van der Waals surface area contributed by atoms with Gasteiger partial charge in [0.05, 0.1) is 0 Å². The minimum atomic E-state index is 0. The SMILES string of the molecule is Cl.Cl.Cl.[CaH2].[LiH].[MgH2]. The third kappa shape index (κ3) is 25.9. The molecule has 0 rings (SSSR count). The van der Waals surface area contributed by atoms with Gasteiger partial charge in [-0.3, -0.25) is 0 Å². The fourth-order valence-electron chi connectivity index (χ4n) is 0. The van der Waals surface area contributed by atoms with Gasteiger partial charge in [-0.15, -0.1) is 37.2 Å². The summed E-state index contributed by atoms with van der Waals surface area (Å²) in [6.07, 6.45) is 0. The van der Waals surface area contributed by atoms with Gasteiger partial charge in [0.25, 0.3) is 0 Å². The second-order valence-corrected chi connectivity index (χ2v) is 0. The molecule has 0 saturated heterocycles. The van der Waals surface area contributed by atoms with E-state index >= 15 is 0 Å². The Hall–Kier alpha value is 3.49. The monoisotopic (exact) mass is 184 g/mol. The van der Waals surface area contributed by atoms with E-state index in [-0.39, 0.29) is 117 Å². The number of halogens is 3. The van der Waals surface area contributed by atoms with Crippen molar-refractivity contribution < 1.29 is 0 Å². The summed E-state index contributed by atoms with van der Waals surface area (Å²) >= 11 is 0. The second kappa shape index (κ2) is 39.1. The molecule has 0 fully saturated rings. The molecule has 0 nitrogen and oxygen atoms in total. The van der Waals surface area contributed by atoms with E-state index in [9.17, 15) is 0 Å². The standard InChI is InChI=1S/Ca.3ClH.Li.Mg.5H/h;3*1H;;;;;;;. The first kappa shape index (κ1) is 56.1. The van der Waals surface area contributed by atoms with Crippen LogP contribution >= 0.6 is 37.2 Å². The molecule has 0 aliphatic rings. The Morgan fingerprint density at radius 2 is 0.667 bits per heavy atom. The van der Waals surface area contributed by atoms with Gasteiger partial charge in [0.15, 0.2) is 0 Å². The Kier molecular flexibility index (Phi) is 365. The molecule has 0 aromatic carbocycles. The summed E-state index contributed by atoms with van der Waals surface area (Å²) in [5, 5.41) is 0. The van der Waals surface area contributed by atoms with Gasteiger partial charge < -0.3 is 0 Å². The zero-order valence-electron chi connectivity index (χ0n) is 1.22. The Morgan fingerprint density at radius 3 is 0.667 bits per heavy atom. The zero-order valence-corrected chi connectivity index (χ0v) is 3.67. The van der Waals surface area contributed by atoms with Crippen molar-refractivity contribution >= 4 is 117 Å². The van der Waals surface area contributed by atoms with E-state index in [0.29, 0.717) is 0 Å². The van der Waals surface area contributed by atoms with Gasteiger partial charge in [-0.2, -0.15) is 0 Å². The van der Waals surface area contributed by atoms with E-state index in [1.807, 2.05) is 0 Å². The Bertz CT molecular complexity index is 10.8. The smallest absolute Gasteiger partial charge is 0.316 e. The summed E-state index contributed by atoms with van der Waals surface area (Å²) in [7, 11) is 0. The van der Waals surface area contributed by atoms with Crippen molar-refractivity contribution in [3.05, 3.63) is 0 Å². The summed E-state index contributed by atoms with van der Waals surface area (Å²) in [6, 6.07) is 0. The van der Waals surface area contributed by atoms with E-state index in [1.54, 1.807) is 0 Å². The quantitative estimate of drug-likeness (QED) is 0.416. The van der Waals surface area contributed by atoms with Gasteiger partial charge in [-0.1, -0.05) is 0 Å². The summed E-state index contributed by atoms with van der Waals surface area (Å²) in [4.78, 5) is 0. The molecule has 0 radical (unpaired) electrons. The third-order valence-corrected chi connectivity index (χ3v) is 0. The molecule has 0 aliphatic carbocycles. The predicted octanol–water partition coefficient (Wildman–Crippen LogP) is -1.22. The number of rotatable bonds is 0. The topological polar surface area (TPSA) is 0 Å². The van der Waals surface area contributed by atoms with Crippen molar-refractivity contribution in [2.45, 2.75) is 0 Å². The average molecular weight is 186 g/mol. The van der Waals surface area contributed by atoms with Crippen LogP contribution in [0.4, 0.5) is 0 Å². The molecule has 0 spiro atoms. The Labute approximate surface area is 115 Å². The van der Waals surface area contributed by atoms with Crippen molar-refractivity contribution in [2.75, 3.05) is 0 Å². The molecule has 0 unspecified atom stereocenters. The van der Waals surface area contributed by atoms with Crippen LogP contribution < -0.4 is 0 Å². The molecular formula is H8CaCl3LiMg. The first-order valence-corrected chi connectivity index (χ1v) is 0. The van der Waals surface area contributed by atoms with Crippen LogP contribution in [0.15, 0.2) is 0 Å². The fraction of sp³-hybridized carbons (Fsp3) is 0. The van der Waals surface area contributed by atoms with E-state index in [1.165, 1.54) is 0 Å². The molecule has 0 aromatic heterocycles. The van der Waals surface area contributed by atoms with Crippen LogP contribution in [0.25, 0.3) is 0 Å². The Balaban J connectivity index is 0. The average Bonchev–Trinajstić information content (AvgIpc) is 0. The summed E-state index contributed by atoms with van der Waals surface area (Å²) in [5.41, 5.74) is 0. The molecule has 0 saturated carbocycles. The summed E-state index contributed by atoms with van der Waals surface area (Å²) in [6.45, 7) is 0. The predicted molar refractivity (Wildman–Crippen MR) is 46.0 cm³/mol. The molecule has 0 heterocycles. The second-order valence-electron chi connectivity index (χ2n) is 0. The van der Waals surface area contributed by atoms with Crippen molar-refractivity contribution in [2.24, 2.45) is 0 Å². The maximum absolute atomic E-state index is 0. The number of hydrogen-bond donors (Lipinski definition) is 0. The van der Waals surface area contributed by atoms with E-state index in [2.05, 4.69) is 0 Å². The van der Waals surface area contributed by atoms with Crippen LogP contribution in [0.5, 0.6) is 0 Å². The van der Waals surface area contributed by atoms with Gasteiger partial charge in [-0.25, -0.2) is 0 Å². The first-order valence-electron chi connectivity index (χ1n) is 0. The van der Waals surface area contributed by atoms with Crippen molar-refractivity contribution in [3.8, 4) is 0 Å². The summed E-state index contributed by atoms with van der Waals surface area (Å²) < 4.78 is 0.